The van der Waals surface area contributed by atoms with Gasteiger partial charge in [0.15, 0.2) is 11.2 Å². The number of nitrogens with one attached hydrogen (secondary N) is 3. The second kappa shape index (κ2) is 9.77. The van der Waals surface area contributed by atoms with Crippen LogP contribution in [0.15, 0.2) is 35.3 Å². The van der Waals surface area contributed by atoms with E-state index in [4.69, 9.17) is 0 Å². The Bertz CT molecular complexity index is 1220. The van der Waals surface area contributed by atoms with E-state index < -0.39 is 23.5 Å². The molecule has 0 aliphatic heterocycles. The number of aliphatic carboxylic acids is 1. The van der Waals surface area contributed by atoms with Crippen molar-refractivity contribution in [3.05, 3.63) is 57.9 Å². The van der Waals surface area contributed by atoms with Gasteiger partial charge in [0.1, 0.15) is 17.6 Å². The number of carbonyl (C=O) groups excluding carboxylic acids is 2. The summed E-state index contributed by atoms with van der Waals surface area (Å²) in [6.45, 7) is 3.32. The van der Waals surface area contributed by atoms with E-state index in [1.165, 1.54) is 6.92 Å². The molecule has 32 heavy (non-hydrogen) atoms. The summed E-state index contributed by atoms with van der Waals surface area (Å²) >= 11 is 0. The molecule has 1 atom stereocenters. The molecule has 11 nitrogen and oxygen atoms in total. The average molecular weight is 438 g/mol. The lowest BCUT2D eigenvalue weighted by atomic mass is 10.1. The van der Waals surface area contributed by atoms with E-state index in [1.54, 1.807) is 37.4 Å². The standard InChI is InChI=1S/C21H22N6O5/c1-11(28)3-8-16(21(31)32)27-19(29)13-4-6-14(7-5-13)22-9-15-10-23-18-17(26-15)20(30)25-12(2)24-18/h4-7,10,16,22H,3,8-9H2,1-2H3,(H,27,29)(H,31,32)(H,23,24,25,30)/t16-/m0/s1. The molecule has 2 heterocycles. The molecule has 3 rings (SSSR count). The first-order valence-electron chi connectivity index (χ1n) is 9.82. The Hall–Kier alpha value is -4.15. The van der Waals surface area contributed by atoms with E-state index in [9.17, 15) is 24.3 Å². The van der Waals surface area contributed by atoms with E-state index in [0.29, 0.717) is 22.9 Å². The quantitative estimate of drug-likeness (QED) is 0.383. The monoisotopic (exact) mass is 438 g/mol. The molecular formula is C21H22N6O5. The number of fused-ring (bicyclic) bond motifs is 1. The zero-order valence-electron chi connectivity index (χ0n) is 17.5. The molecule has 1 amide bonds. The van der Waals surface area contributed by atoms with E-state index in [0.717, 1.165) is 0 Å². The molecule has 0 fully saturated rings. The maximum absolute atomic E-state index is 12.3. The average Bonchev–Trinajstić information content (AvgIpc) is 2.75. The number of aromatic amines is 1. The molecule has 4 N–H and O–H groups in total. The van der Waals surface area contributed by atoms with Crippen LogP contribution in [0.3, 0.4) is 0 Å². The number of carboxylic acids is 1. The minimum Gasteiger partial charge on any atom is -0.480 e. The van der Waals surface area contributed by atoms with Crippen molar-refractivity contribution in [1.82, 2.24) is 25.3 Å². The first-order valence-corrected chi connectivity index (χ1v) is 9.82. The number of Topliss-reactive ketones (excluding diaryl/α,β-unsaturated/α-hetero) is 1. The summed E-state index contributed by atoms with van der Waals surface area (Å²) < 4.78 is 0. The largest absolute Gasteiger partial charge is 0.480 e. The molecular weight excluding hydrogens is 416 g/mol. The van der Waals surface area contributed by atoms with Crippen LogP contribution in [0.4, 0.5) is 5.69 Å². The Morgan fingerprint density at radius 3 is 2.53 bits per heavy atom. The third-order valence-electron chi connectivity index (χ3n) is 4.60. The number of aromatic nitrogens is 4. The molecule has 0 saturated carbocycles. The van der Waals surface area contributed by atoms with Crippen LogP contribution in [0.1, 0.15) is 41.6 Å². The summed E-state index contributed by atoms with van der Waals surface area (Å²) in [6, 6.07) is 5.27. The highest BCUT2D eigenvalue weighted by Crippen LogP contribution is 2.12. The summed E-state index contributed by atoms with van der Waals surface area (Å²) in [5.41, 5.74) is 1.56. The van der Waals surface area contributed by atoms with Crippen LogP contribution in [0.5, 0.6) is 0 Å². The van der Waals surface area contributed by atoms with Crippen molar-refractivity contribution < 1.29 is 19.5 Å². The Morgan fingerprint density at radius 1 is 1.16 bits per heavy atom. The predicted octanol–water partition coefficient (Wildman–Crippen LogP) is 1.19. The molecule has 0 aliphatic rings. The minimum absolute atomic E-state index is 0.0285. The van der Waals surface area contributed by atoms with Gasteiger partial charge in [0.05, 0.1) is 18.4 Å². The van der Waals surface area contributed by atoms with Crippen molar-refractivity contribution in [2.45, 2.75) is 39.3 Å². The Labute approximate surface area is 182 Å². The highest BCUT2D eigenvalue weighted by Gasteiger charge is 2.21. The predicted molar refractivity (Wildman–Crippen MR) is 115 cm³/mol. The molecule has 0 spiro atoms. The van der Waals surface area contributed by atoms with Gasteiger partial charge in [0.25, 0.3) is 5.91 Å². The van der Waals surface area contributed by atoms with Crippen molar-refractivity contribution in [1.29, 1.82) is 0 Å². The molecule has 0 bridgehead atoms. The summed E-state index contributed by atoms with van der Waals surface area (Å²) in [5, 5.41) is 14.8. The zero-order chi connectivity index (χ0) is 23.3. The van der Waals surface area contributed by atoms with Gasteiger partial charge < -0.3 is 25.5 Å². The summed E-state index contributed by atoms with van der Waals surface area (Å²) in [6.07, 6.45) is 1.64. The molecule has 11 heteroatoms. The lowest BCUT2D eigenvalue weighted by Gasteiger charge is -2.14. The number of carboxylic acid groups (broad SMARTS) is 1. The maximum atomic E-state index is 12.3. The molecule has 2 aromatic heterocycles. The van der Waals surface area contributed by atoms with Crippen molar-refractivity contribution in [2.75, 3.05) is 5.32 Å². The third-order valence-corrected chi connectivity index (χ3v) is 4.60. The fraction of sp³-hybridized carbons (Fsp3) is 0.286. The second-order valence-electron chi connectivity index (χ2n) is 7.22. The van der Waals surface area contributed by atoms with Crippen LogP contribution < -0.4 is 16.2 Å². The normalized spacial score (nSPS) is 11.7. The van der Waals surface area contributed by atoms with E-state index in [2.05, 4.69) is 30.6 Å². The van der Waals surface area contributed by atoms with Crippen LogP contribution in [-0.2, 0) is 16.1 Å². The first-order chi connectivity index (χ1) is 15.2. The molecule has 0 unspecified atom stereocenters. The highest BCUT2D eigenvalue weighted by molar-refractivity contribution is 5.97. The van der Waals surface area contributed by atoms with Crippen molar-refractivity contribution >= 4 is 34.5 Å². The Morgan fingerprint density at radius 2 is 1.88 bits per heavy atom. The van der Waals surface area contributed by atoms with Gasteiger partial charge in [-0.1, -0.05) is 0 Å². The third kappa shape index (κ3) is 5.72. The number of rotatable bonds is 9. The number of ketones is 1. The number of nitrogens with zero attached hydrogens (tertiary/aromatic N) is 3. The number of H-pyrrole nitrogens is 1. The van der Waals surface area contributed by atoms with Crippen LogP contribution >= 0.6 is 0 Å². The SMILES string of the molecule is CC(=O)CC[C@H](NC(=O)c1ccc(NCc2cnc3[nH]c(C)nc(=O)c3n2)cc1)C(=O)O. The first kappa shape index (κ1) is 22.5. The zero-order valence-corrected chi connectivity index (χ0v) is 17.5. The van der Waals surface area contributed by atoms with Gasteiger partial charge in [-0.15, -0.1) is 0 Å². The Kier molecular flexibility index (Phi) is 6.88. The number of hydrogen-bond donors (Lipinski definition) is 4. The topological polar surface area (TPSA) is 167 Å². The fourth-order valence-corrected chi connectivity index (χ4v) is 2.93. The molecule has 0 saturated heterocycles. The number of benzene rings is 1. The van der Waals surface area contributed by atoms with Gasteiger partial charge in [0.2, 0.25) is 0 Å². The lowest BCUT2D eigenvalue weighted by molar-refractivity contribution is -0.139. The van der Waals surface area contributed by atoms with Crippen molar-refractivity contribution in [2.24, 2.45) is 0 Å². The van der Waals surface area contributed by atoms with E-state index >= 15 is 0 Å². The van der Waals surface area contributed by atoms with Gasteiger partial charge in [0, 0.05) is 17.7 Å². The molecule has 0 radical (unpaired) electrons. The molecule has 3 aromatic rings. The van der Waals surface area contributed by atoms with E-state index in [-0.39, 0.29) is 36.2 Å². The van der Waals surface area contributed by atoms with Crippen LogP contribution in [0, 0.1) is 6.92 Å². The number of amides is 1. The van der Waals surface area contributed by atoms with Crippen LogP contribution in [0.2, 0.25) is 0 Å². The summed E-state index contributed by atoms with van der Waals surface area (Å²) in [4.78, 5) is 61.9. The van der Waals surface area contributed by atoms with Gasteiger partial charge in [-0.05, 0) is 44.5 Å². The molecule has 1 aromatic carbocycles. The number of aryl methyl sites for hydroxylation is 1. The van der Waals surface area contributed by atoms with Crippen molar-refractivity contribution in [3.8, 4) is 0 Å². The second-order valence-corrected chi connectivity index (χ2v) is 7.22. The summed E-state index contributed by atoms with van der Waals surface area (Å²) in [5.74, 6) is -1.43. The highest BCUT2D eigenvalue weighted by atomic mass is 16.4. The smallest absolute Gasteiger partial charge is 0.326 e. The maximum Gasteiger partial charge on any atom is 0.326 e. The van der Waals surface area contributed by atoms with Gasteiger partial charge in [-0.2, -0.15) is 4.98 Å². The van der Waals surface area contributed by atoms with Crippen molar-refractivity contribution in [3.63, 3.8) is 0 Å². The van der Waals surface area contributed by atoms with Gasteiger partial charge >= 0.3 is 11.5 Å². The Balaban J connectivity index is 1.62. The van der Waals surface area contributed by atoms with E-state index in [1.807, 2.05) is 0 Å². The van der Waals surface area contributed by atoms with Gasteiger partial charge in [-0.25, -0.2) is 14.8 Å². The van der Waals surface area contributed by atoms with Crippen LogP contribution in [-0.4, -0.2) is 48.7 Å². The molecule has 0 aliphatic carbocycles. The van der Waals surface area contributed by atoms with Crippen LogP contribution in [0.25, 0.3) is 11.2 Å². The van der Waals surface area contributed by atoms with Gasteiger partial charge in [-0.3, -0.25) is 9.59 Å². The number of hydrogen-bond acceptors (Lipinski definition) is 8. The molecule has 166 valence electrons. The minimum atomic E-state index is -1.20. The lowest BCUT2D eigenvalue weighted by Crippen LogP contribution is -2.41. The summed E-state index contributed by atoms with van der Waals surface area (Å²) in [7, 11) is 0. The fourth-order valence-electron chi connectivity index (χ4n) is 2.93. The number of anilines is 1. The number of carbonyl (C=O) groups is 3.